The van der Waals surface area contributed by atoms with Crippen LogP contribution < -0.4 is 0 Å². The van der Waals surface area contributed by atoms with Crippen LogP contribution in [-0.4, -0.2) is 15.9 Å². The van der Waals surface area contributed by atoms with E-state index in [0.717, 1.165) is 63.7 Å². The van der Waals surface area contributed by atoms with Gasteiger partial charge in [0.1, 0.15) is 5.76 Å². The van der Waals surface area contributed by atoms with E-state index in [0.29, 0.717) is 0 Å². The molecule has 0 unspecified atom stereocenters. The van der Waals surface area contributed by atoms with Gasteiger partial charge in [0.15, 0.2) is 5.78 Å². The van der Waals surface area contributed by atoms with Crippen molar-refractivity contribution in [2.45, 2.75) is 81.1 Å². The van der Waals surface area contributed by atoms with Gasteiger partial charge in [0.05, 0.1) is 0 Å². The Morgan fingerprint density at radius 1 is 0.881 bits per heavy atom. The summed E-state index contributed by atoms with van der Waals surface area (Å²) in [4.78, 5) is 16.4. The summed E-state index contributed by atoms with van der Waals surface area (Å²) < 4.78 is 27.3. The molecule has 0 saturated carbocycles. The zero-order chi connectivity index (χ0) is 30.8. The van der Waals surface area contributed by atoms with Crippen LogP contribution in [0, 0.1) is 30.7 Å². The number of halogens is 2. The topological polar surface area (TPSA) is 50.2 Å². The number of allylic oxidation sites excluding steroid dienone is 2. The standard InChI is InChI=1S/C23H18F2N.C13H24O2.Ir/c1-14-10-15(2)12-17(11-14)22-21-6-4-16-13-18(23(3,24)25)5-7-19(16)20(21)8-9-26-22;1-7-12(3,4)10(14)9-11(15)13(5,6)8-2;/h4-11,13H,1-3H3;9,14H,7-8H2,1-6H3;/q-1;;/b;10-9-;. The molecule has 3 nitrogen and oxygen atoms in total. The van der Waals surface area contributed by atoms with Gasteiger partial charge in [-0.25, -0.2) is 8.78 Å². The number of aliphatic hydroxyl groups excluding tert-OH is 1. The fourth-order valence-corrected chi connectivity index (χ4v) is 4.38. The average molecular weight is 751 g/mol. The fourth-order valence-electron chi connectivity index (χ4n) is 4.38. The first-order valence-electron chi connectivity index (χ1n) is 14.2. The smallest absolute Gasteiger partial charge is 0.270 e. The van der Waals surface area contributed by atoms with E-state index < -0.39 is 5.92 Å². The Morgan fingerprint density at radius 2 is 1.50 bits per heavy atom. The maximum absolute atomic E-state index is 13.6. The Balaban J connectivity index is 0.000000334. The number of fused-ring (bicyclic) bond motifs is 3. The molecule has 227 valence electrons. The van der Waals surface area contributed by atoms with Crippen molar-refractivity contribution in [1.82, 2.24) is 4.98 Å². The molecule has 4 rings (SSSR count). The van der Waals surface area contributed by atoms with E-state index in [-0.39, 0.29) is 48.0 Å². The molecule has 0 amide bonds. The summed E-state index contributed by atoms with van der Waals surface area (Å²) in [5, 5.41) is 13.6. The van der Waals surface area contributed by atoms with Gasteiger partial charge in [0.25, 0.3) is 5.92 Å². The number of pyridine rings is 1. The van der Waals surface area contributed by atoms with E-state index in [1.807, 2.05) is 66.7 Å². The van der Waals surface area contributed by atoms with Crippen molar-refractivity contribution >= 4 is 27.3 Å². The molecule has 0 atom stereocenters. The number of carbonyl (C=O) groups is 1. The Kier molecular flexibility index (Phi) is 11.4. The van der Waals surface area contributed by atoms with Gasteiger partial charge in [0.2, 0.25) is 0 Å². The summed E-state index contributed by atoms with van der Waals surface area (Å²) in [6, 6.07) is 18.2. The molecule has 1 aromatic heterocycles. The van der Waals surface area contributed by atoms with Crippen LogP contribution in [0.1, 0.15) is 78.0 Å². The van der Waals surface area contributed by atoms with Crippen molar-refractivity contribution in [3.8, 4) is 11.3 Å². The number of nitrogens with zero attached hydrogens (tertiary/aromatic N) is 1. The molecule has 0 saturated heterocycles. The second-order valence-electron chi connectivity index (χ2n) is 12.3. The molecule has 1 N–H and O–H groups in total. The number of aryl methyl sites for hydroxylation is 2. The van der Waals surface area contributed by atoms with Gasteiger partial charge in [-0.05, 0) is 52.2 Å². The van der Waals surface area contributed by atoms with E-state index >= 15 is 0 Å². The Morgan fingerprint density at radius 3 is 2.07 bits per heavy atom. The van der Waals surface area contributed by atoms with Gasteiger partial charge in [-0.2, -0.15) is 0 Å². The van der Waals surface area contributed by atoms with Crippen LogP contribution in [0.2, 0.25) is 0 Å². The zero-order valence-corrected chi connectivity index (χ0v) is 28.5. The molecule has 1 heterocycles. The van der Waals surface area contributed by atoms with Crippen molar-refractivity contribution in [1.29, 1.82) is 0 Å². The van der Waals surface area contributed by atoms with Crippen LogP contribution in [-0.2, 0) is 30.8 Å². The third kappa shape index (κ3) is 8.11. The maximum Gasteiger partial charge on any atom is 0.270 e. The molecule has 6 heteroatoms. The fraction of sp³-hybridized carbons (Fsp3) is 0.389. The third-order valence-corrected chi connectivity index (χ3v) is 8.07. The quantitative estimate of drug-likeness (QED) is 0.0886. The first-order chi connectivity index (χ1) is 19.0. The third-order valence-electron chi connectivity index (χ3n) is 8.07. The van der Waals surface area contributed by atoms with Crippen LogP contribution in [0.25, 0.3) is 32.8 Å². The van der Waals surface area contributed by atoms with Gasteiger partial charge in [-0.3, -0.25) is 4.79 Å². The molecule has 0 aliphatic rings. The van der Waals surface area contributed by atoms with E-state index in [9.17, 15) is 18.7 Å². The number of hydrogen-bond acceptors (Lipinski definition) is 3. The van der Waals surface area contributed by atoms with E-state index in [1.54, 1.807) is 18.3 Å². The van der Waals surface area contributed by atoms with Crippen molar-refractivity contribution in [2.75, 3.05) is 0 Å². The van der Waals surface area contributed by atoms with Gasteiger partial charge in [-0.15, -0.1) is 34.9 Å². The van der Waals surface area contributed by atoms with E-state index in [1.165, 1.54) is 12.1 Å². The van der Waals surface area contributed by atoms with Crippen LogP contribution in [0.3, 0.4) is 0 Å². The summed E-state index contributed by atoms with van der Waals surface area (Å²) >= 11 is 0. The molecule has 1 radical (unpaired) electrons. The van der Waals surface area contributed by atoms with Gasteiger partial charge in [-0.1, -0.05) is 79.7 Å². The van der Waals surface area contributed by atoms with Crippen molar-refractivity contribution < 1.29 is 38.8 Å². The predicted octanol–water partition coefficient (Wildman–Crippen LogP) is 10.5. The largest absolute Gasteiger partial charge is 0.512 e. The number of aromatic nitrogens is 1. The molecule has 0 aliphatic carbocycles. The number of ketones is 1. The van der Waals surface area contributed by atoms with E-state index in [4.69, 9.17) is 0 Å². The van der Waals surface area contributed by atoms with Crippen molar-refractivity contribution in [3.05, 3.63) is 89.3 Å². The summed E-state index contributed by atoms with van der Waals surface area (Å²) in [5.74, 6) is -2.65. The van der Waals surface area contributed by atoms with Gasteiger partial charge >= 0.3 is 0 Å². The maximum atomic E-state index is 13.6. The predicted molar refractivity (Wildman–Crippen MR) is 166 cm³/mol. The molecule has 0 fully saturated rings. The van der Waals surface area contributed by atoms with E-state index in [2.05, 4.69) is 30.1 Å². The second kappa shape index (κ2) is 13.6. The average Bonchev–Trinajstić information content (AvgIpc) is 2.91. The number of hydrogen-bond donors (Lipinski definition) is 1. The van der Waals surface area contributed by atoms with Crippen molar-refractivity contribution in [3.63, 3.8) is 0 Å². The monoisotopic (exact) mass is 751 g/mol. The first kappa shape index (κ1) is 35.2. The minimum absolute atomic E-state index is 0. The van der Waals surface area contributed by atoms with Crippen LogP contribution in [0.5, 0.6) is 0 Å². The van der Waals surface area contributed by atoms with Crippen molar-refractivity contribution in [2.24, 2.45) is 10.8 Å². The SMILES string of the molecule is CCC(C)(C)C(=O)/C=C(\O)C(C)(C)CC.Cc1[c-]c(-c2nccc3c2ccc2cc(C(C)(F)F)ccc23)cc(C)c1.[Ir]. The number of carbonyl (C=O) groups excluding carboxylic acids is 1. The number of rotatable bonds is 7. The number of aliphatic hydroxyl groups is 1. The molecular formula is C36H42F2IrNO2-. The summed E-state index contributed by atoms with van der Waals surface area (Å²) in [6.45, 7) is 16.6. The first-order valence-corrected chi connectivity index (χ1v) is 14.2. The summed E-state index contributed by atoms with van der Waals surface area (Å²) in [5.41, 5.74) is 3.38. The number of benzene rings is 3. The Bertz CT molecular complexity index is 1580. The second-order valence-corrected chi connectivity index (χ2v) is 12.3. The molecule has 4 aromatic rings. The molecule has 0 aliphatic heterocycles. The number of alkyl halides is 2. The normalized spacial score (nSPS) is 12.5. The molecule has 0 bridgehead atoms. The zero-order valence-electron chi connectivity index (χ0n) is 26.1. The summed E-state index contributed by atoms with van der Waals surface area (Å²) in [6.07, 6.45) is 4.76. The van der Waals surface area contributed by atoms with Crippen LogP contribution in [0.4, 0.5) is 8.78 Å². The molecule has 3 aromatic carbocycles. The van der Waals surface area contributed by atoms with Gasteiger partial charge in [0, 0.05) is 55.7 Å². The van der Waals surface area contributed by atoms with Crippen LogP contribution in [0.15, 0.2) is 66.6 Å². The molecule has 0 spiro atoms. The van der Waals surface area contributed by atoms with Gasteiger partial charge < -0.3 is 10.1 Å². The Labute approximate surface area is 262 Å². The molecular weight excluding hydrogens is 709 g/mol. The minimum atomic E-state index is -2.85. The summed E-state index contributed by atoms with van der Waals surface area (Å²) in [7, 11) is 0. The Hall–Kier alpha value is -2.95. The minimum Gasteiger partial charge on any atom is -0.512 e. The van der Waals surface area contributed by atoms with Crippen LogP contribution >= 0.6 is 0 Å². The molecule has 42 heavy (non-hydrogen) atoms.